The largest absolute Gasteiger partial charge is 0.496 e. The topological polar surface area (TPSA) is 51.5 Å². The van der Waals surface area contributed by atoms with Crippen LogP contribution in [0.5, 0.6) is 5.75 Å². The number of carbonyl (C=O) groups is 1. The molecule has 3 aromatic rings. The summed E-state index contributed by atoms with van der Waals surface area (Å²) in [6, 6.07) is 15.1. The number of amides is 1. The van der Waals surface area contributed by atoms with Crippen LogP contribution in [0.1, 0.15) is 29.1 Å². The van der Waals surface area contributed by atoms with E-state index in [2.05, 4.69) is 5.32 Å². The van der Waals surface area contributed by atoms with Gasteiger partial charge in [0.25, 0.3) is 5.91 Å². The van der Waals surface area contributed by atoms with Crippen molar-refractivity contribution in [3.8, 4) is 5.75 Å². The van der Waals surface area contributed by atoms with Gasteiger partial charge < -0.3 is 14.5 Å². The molecule has 4 nitrogen and oxygen atoms in total. The Hall–Kier alpha value is -2.40. The summed E-state index contributed by atoms with van der Waals surface area (Å²) in [4.78, 5) is 13.6. The number of hydrogen-bond donors (Lipinski definition) is 1. The molecule has 0 radical (unpaired) electrons. The van der Waals surface area contributed by atoms with Crippen molar-refractivity contribution in [2.75, 3.05) is 13.4 Å². The molecule has 0 aliphatic carbocycles. The molecule has 1 atom stereocenters. The van der Waals surface area contributed by atoms with Crippen molar-refractivity contribution in [1.29, 1.82) is 0 Å². The van der Waals surface area contributed by atoms with E-state index in [9.17, 15) is 4.79 Å². The maximum Gasteiger partial charge on any atom is 0.255 e. The van der Waals surface area contributed by atoms with Crippen LogP contribution in [0.2, 0.25) is 0 Å². The molecule has 1 heterocycles. The fraction of sp³-hybridized carbons (Fsp3) is 0.211. The molecule has 0 saturated heterocycles. The molecule has 0 spiro atoms. The van der Waals surface area contributed by atoms with Crippen molar-refractivity contribution in [3.05, 3.63) is 59.9 Å². The summed E-state index contributed by atoms with van der Waals surface area (Å²) < 4.78 is 11.2. The van der Waals surface area contributed by atoms with E-state index in [1.165, 1.54) is 0 Å². The number of rotatable bonds is 5. The lowest BCUT2D eigenvalue weighted by atomic mass is 10.1. The zero-order chi connectivity index (χ0) is 17.1. The number of thioether (sulfide) groups is 1. The summed E-state index contributed by atoms with van der Waals surface area (Å²) in [5.74, 6) is 1.10. The molecule has 0 saturated carbocycles. The van der Waals surface area contributed by atoms with E-state index in [0.29, 0.717) is 11.3 Å². The molecule has 24 heavy (non-hydrogen) atoms. The SMILES string of the molecule is COc1cc(SC)ccc1C(=O)N[C@@H](C)c1cc2ccccc2o1. The van der Waals surface area contributed by atoms with Gasteiger partial charge in [0, 0.05) is 10.3 Å². The molecular weight excluding hydrogens is 322 g/mol. The lowest BCUT2D eigenvalue weighted by Crippen LogP contribution is -2.26. The third-order valence-electron chi connectivity index (χ3n) is 3.87. The predicted octanol–water partition coefficient (Wildman–Crippen LogP) is 4.65. The Labute approximate surface area is 145 Å². The molecular formula is C19H19NO3S. The highest BCUT2D eigenvalue weighted by atomic mass is 32.2. The minimum Gasteiger partial charge on any atom is -0.496 e. The van der Waals surface area contributed by atoms with Gasteiger partial charge in [-0.05, 0) is 43.5 Å². The molecule has 1 N–H and O–H groups in total. The third kappa shape index (κ3) is 3.26. The van der Waals surface area contributed by atoms with E-state index in [0.717, 1.165) is 21.6 Å². The second kappa shape index (κ2) is 7.01. The van der Waals surface area contributed by atoms with Crippen LogP contribution in [0.4, 0.5) is 0 Å². The summed E-state index contributed by atoms with van der Waals surface area (Å²) in [6.07, 6.45) is 1.98. The summed E-state index contributed by atoms with van der Waals surface area (Å²) in [5.41, 5.74) is 1.33. The number of furan rings is 1. The average molecular weight is 341 g/mol. The van der Waals surface area contributed by atoms with Gasteiger partial charge in [-0.15, -0.1) is 11.8 Å². The molecule has 124 valence electrons. The standard InChI is InChI=1S/C19H19NO3S/c1-12(17-10-13-6-4-5-7-16(13)23-17)20-19(21)15-9-8-14(24-3)11-18(15)22-2/h4-12H,1-3H3,(H,20,21)/t12-/m0/s1. The van der Waals surface area contributed by atoms with Gasteiger partial charge in [-0.1, -0.05) is 18.2 Å². The van der Waals surface area contributed by atoms with E-state index in [-0.39, 0.29) is 11.9 Å². The molecule has 3 rings (SSSR count). The third-order valence-corrected chi connectivity index (χ3v) is 4.60. The summed E-state index contributed by atoms with van der Waals surface area (Å²) >= 11 is 1.61. The highest BCUT2D eigenvalue weighted by Crippen LogP contribution is 2.27. The van der Waals surface area contributed by atoms with E-state index >= 15 is 0 Å². The Morgan fingerprint density at radius 3 is 2.71 bits per heavy atom. The zero-order valence-electron chi connectivity index (χ0n) is 13.8. The Kier molecular flexibility index (Phi) is 4.81. The van der Waals surface area contributed by atoms with Crippen molar-refractivity contribution in [2.45, 2.75) is 17.9 Å². The smallest absolute Gasteiger partial charge is 0.255 e. The average Bonchev–Trinajstić information content (AvgIpc) is 3.05. The monoisotopic (exact) mass is 341 g/mol. The fourth-order valence-corrected chi connectivity index (χ4v) is 2.98. The Balaban J connectivity index is 1.81. The molecule has 1 aromatic heterocycles. The molecule has 5 heteroatoms. The van der Waals surface area contributed by atoms with Gasteiger partial charge in [0.1, 0.15) is 17.1 Å². The van der Waals surface area contributed by atoms with Gasteiger partial charge >= 0.3 is 0 Å². The maximum absolute atomic E-state index is 12.6. The van der Waals surface area contributed by atoms with Gasteiger partial charge in [0.05, 0.1) is 18.7 Å². The highest BCUT2D eigenvalue weighted by Gasteiger charge is 2.18. The van der Waals surface area contributed by atoms with Crippen LogP contribution in [0.25, 0.3) is 11.0 Å². The quantitative estimate of drug-likeness (QED) is 0.686. The summed E-state index contributed by atoms with van der Waals surface area (Å²) in [5, 5.41) is 3.99. The maximum atomic E-state index is 12.6. The number of para-hydroxylation sites is 1. The number of ether oxygens (including phenoxy) is 1. The van der Waals surface area contributed by atoms with Gasteiger partial charge in [0.2, 0.25) is 0 Å². The Morgan fingerprint density at radius 1 is 1.21 bits per heavy atom. The normalized spacial score (nSPS) is 12.1. The van der Waals surface area contributed by atoms with Crippen LogP contribution >= 0.6 is 11.8 Å². The lowest BCUT2D eigenvalue weighted by molar-refractivity contribution is 0.0932. The number of fused-ring (bicyclic) bond motifs is 1. The van der Waals surface area contributed by atoms with Crippen LogP contribution in [0.3, 0.4) is 0 Å². The first-order valence-corrected chi connectivity index (χ1v) is 8.86. The van der Waals surface area contributed by atoms with Crippen molar-refractivity contribution in [2.24, 2.45) is 0 Å². The van der Waals surface area contributed by atoms with Gasteiger partial charge in [-0.25, -0.2) is 0 Å². The Morgan fingerprint density at radius 2 is 2.00 bits per heavy atom. The highest BCUT2D eigenvalue weighted by molar-refractivity contribution is 7.98. The zero-order valence-corrected chi connectivity index (χ0v) is 14.6. The predicted molar refractivity (Wildman–Crippen MR) is 96.9 cm³/mol. The number of carbonyl (C=O) groups excluding carboxylic acids is 1. The van der Waals surface area contributed by atoms with Crippen LogP contribution in [0, 0.1) is 0 Å². The molecule has 0 aliphatic rings. The Bertz CT molecular complexity index is 839. The molecule has 0 bridgehead atoms. The van der Waals surface area contributed by atoms with Crippen LogP contribution in [-0.2, 0) is 0 Å². The molecule has 1 amide bonds. The first-order valence-electron chi connectivity index (χ1n) is 7.63. The van der Waals surface area contributed by atoms with E-state index in [4.69, 9.17) is 9.15 Å². The molecule has 0 unspecified atom stereocenters. The first-order chi connectivity index (χ1) is 11.6. The van der Waals surface area contributed by atoms with Gasteiger partial charge in [0.15, 0.2) is 0 Å². The minimum atomic E-state index is -0.241. The first kappa shape index (κ1) is 16.5. The van der Waals surface area contributed by atoms with Gasteiger partial charge in [-0.3, -0.25) is 4.79 Å². The number of nitrogens with one attached hydrogen (secondary N) is 1. The van der Waals surface area contributed by atoms with Crippen LogP contribution in [-0.4, -0.2) is 19.3 Å². The van der Waals surface area contributed by atoms with E-state index < -0.39 is 0 Å². The van der Waals surface area contributed by atoms with Crippen molar-refractivity contribution in [3.63, 3.8) is 0 Å². The van der Waals surface area contributed by atoms with Crippen LogP contribution in [0.15, 0.2) is 57.8 Å². The second-order valence-electron chi connectivity index (χ2n) is 5.45. The van der Waals surface area contributed by atoms with Gasteiger partial charge in [-0.2, -0.15) is 0 Å². The number of methoxy groups -OCH3 is 1. The minimum absolute atomic E-state index is 0.188. The molecule has 0 fully saturated rings. The molecule has 2 aromatic carbocycles. The van der Waals surface area contributed by atoms with Crippen molar-refractivity contribution >= 4 is 28.6 Å². The summed E-state index contributed by atoms with van der Waals surface area (Å²) in [7, 11) is 1.57. The fourth-order valence-electron chi connectivity index (χ4n) is 2.55. The van der Waals surface area contributed by atoms with E-state index in [1.54, 1.807) is 24.9 Å². The van der Waals surface area contributed by atoms with E-state index in [1.807, 2.05) is 55.6 Å². The molecule has 0 aliphatic heterocycles. The summed E-state index contributed by atoms with van der Waals surface area (Å²) in [6.45, 7) is 1.90. The second-order valence-corrected chi connectivity index (χ2v) is 6.33. The number of hydrogen-bond acceptors (Lipinski definition) is 4. The van der Waals surface area contributed by atoms with Crippen molar-refractivity contribution in [1.82, 2.24) is 5.32 Å². The van der Waals surface area contributed by atoms with Crippen LogP contribution < -0.4 is 10.1 Å². The lowest BCUT2D eigenvalue weighted by Gasteiger charge is -2.14. The van der Waals surface area contributed by atoms with Crippen molar-refractivity contribution < 1.29 is 13.9 Å². The number of benzene rings is 2.